The third-order valence-corrected chi connectivity index (χ3v) is 3.26. The molecule has 0 unspecified atom stereocenters. The zero-order valence-corrected chi connectivity index (χ0v) is 9.58. The summed E-state index contributed by atoms with van der Waals surface area (Å²) >= 11 is 0. The molecule has 0 aromatic carbocycles. The molecular formula is C12H19N3. The predicted octanol–water partition coefficient (Wildman–Crippen LogP) is 2.78. The van der Waals surface area contributed by atoms with Gasteiger partial charge in [0.15, 0.2) is 0 Å². The second kappa shape index (κ2) is 4.17. The molecule has 1 fully saturated rings. The van der Waals surface area contributed by atoms with Crippen LogP contribution in [0.15, 0.2) is 12.4 Å². The van der Waals surface area contributed by atoms with E-state index in [1.807, 2.05) is 6.92 Å². The minimum absolute atomic E-state index is 0.464. The summed E-state index contributed by atoms with van der Waals surface area (Å²) < 4.78 is 0. The summed E-state index contributed by atoms with van der Waals surface area (Å²) in [6.07, 6.45) is 8.99. The highest BCUT2D eigenvalue weighted by Crippen LogP contribution is 2.37. The van der Waals surface area contributed by atoms with Crippen molar-refractivity contribution in [3.63, 3.8) is 0 Å². The molecule has 0 spiro atoms. The van der Waals surface area contributed by atoms with Gasteiger partial charge in [0.1, 0.15) is 5.82 Å². The molecular weight excluding hydrogens is 186 g/mol. The molecule has 1 aromatic heterocycles. The Morgan fingerprint density at radius 2 is 2.07 bits per heavy atom. The van der Waals surface area contributed by atoms with Gasteiger partial charge in [-0.05, 0) is 25.2 Å². The Bertz CT molecular complexity index is 329. The summed E-state index contributed by atoms with van der Waals surface area (Å²) in [6.45, 7) is 5.34. The zero-order valence-electron chi connectivity index (χ0n) is 9.58. The summed E-state index contributed by atoms with van der Waals surface area (Å²) in [5, 5.41) is 3.39. The van der Waals surface area contributed by atoms with E-state index in [1.165, 1.54) is 25.7 Å². The smallest absolute Gasteiger partial charge is 0.144 e. The first-order valence-corrected chi connectivity index (χ1v) is 5.71. The first-order chi connectivity index (χ1) is 7.18. The van der Waals surface area contributed by atoms with Crippen molar-refractivity contribution in [2.24, 2.45) is 5.41 Å². The number of hydrogen-bond donors (Lipinski definition) is 1. The van der Waals surface area contributed by atoms with Gasteiger partial charge in [-0.1, -0.05) is 19.8 Å². The summed E-state index contributed by atoms with van der Waals surface area (Å²) in [6, 6.07) is 0. The SMILES string of the molecule is Cc1cncc(NCC2(C)CCCC2)n1. The van der Waals surface area contributed by atoms with Crippen molar-refractivity contribution < 1.29 is 0 Å². The van der Waals surface area contributed by atoms with E-state index in [1.54, 1.807) is 12.4 Å². The third-order valence-electron chi connectivity index (χ3n) is 3.26. The average Bonchev–Trinajstić information content (AvgIpc) is 2.63. The van der Waals surface area contributed by atoms with Gasteiger partial charge in [0, 0.05) is 12.7 Å². The monoisotopic (exact) mass is 205 g/mol. The van der Waals surface area contributed by atoms with Crippen LogP contribution in [0.1, 0.15) is 38.3 Å². The maximum atomic E-state index is 4.39. The van der Waals surface area contributed by atoms with Crippen molar-refractivity contribution in [3.05, 3.63) is 18.1 Å². The predicted molar refractivity (Wildman–Crippen MR) is 61.8 cm³/mol. The standard InChI is InChI=1S/C12H19N3/c1-10-7-13-8-11(15-10)14-9-12(2)5-3-4-6-12/h7-8H,3-6,9H2,1-2H3,(H,14,15). The van der Waals surface area contributed by atoms with Crippen LogP contribution in [-0.4, -0.2) is 16.5 Å². The molecule has 0 bridgehead atoms. The number of nitrogens with zero attached hydrogens (tertiary/aromatic N) is 2. The number of aromatic nitrogens is 2. The Balaban J connectivity index is 1.92. The Morgan fingerprint density at radius 3 is 2.73 bits per heavy atom. The molecule has 0 aliphatic heterocycles. The maximum Gasteiger partial charge on any atom is 0.144 e. The fourth-order valence-electron chi connectivity index (χ4n) is 2.26. The van der Waals surface area contributed by atoms with Gasteiger partial charge in [-0.3, -0.25) is 4.98 Å². The van der Waals surface area contributed by atoms with Crippen LogP contribution in [0.25, 0.3) is 0 Å². The lowest BCUT2D eigenvalue weighted by Gasteiger charge is -2.23. The van der Waals surface area contributed by atoms with E-state index in [2.05, 4.69) is 22.2 Å². The Morgan fingerprint density at radius 1 is 1.33 bits per heavy atom. The van der Waals surface area contributed by atoms with Crippen LogP contribution in [0.2, 0.25) is 0 Å². The molecule has 1 N–H and O–H groups in total. The van der Waals surface area contributed by atoms with Crippen LogP contribution in [0, 0.1) is 12.3 Å². The van der Waals surface area contributed by atoms with E-state index >= 15 is 0 Å². The van der Waals surface area contributed by atoms with Gasteiger partial charge in [-0.15, -0.1) is 0 Å². The minimum Gasteiger partial charge on any atom is -0.368 e. The van der Waals surface area contributed by atoms with Gasteiger partial charge in [-0.2, -0.15) is 0 Å². The quantitative estimate of drug-likeness (QED) is 0.824. The van der Waals surface area contributed by atoms with E-state index in [0.717, 1.165) is 18.1 Å². The van der Waals surface area contributed by atoms with Gasteiger partial charge in [0.2, 0.25) is 0 Å². The van der Waals surface area contributed by atoms with Gasteiger partial charge in [-0.25, -0.2) is 4.98 Å². The lowest BCUT2D eigenvalue weighted by atomic mass is 9.89. The van der Waals surface area contributed by atoms with Crippen LogP contribution in [0.3, 0.4) is 0 Å². The van der Waals surface area contributed by atoms with Crippen LogP contribution in [-0.2, 0) is 0 Å². The van der Waals surface area contributed by atoms with Crippen molar-refractivity contribution in [3.8, 4) is 0 Å². The van der Waals surface area contributed by atoms with Crippen molar-refractivity contribution in [1.29, 1.82) is 0 Å². The molecule has 0 saturated heterocycles. The van der Waals surface area contributed by atoms with Crippen molar-refractivity contribution in [1.82, 2.24) is 9.97 Å². The van der Waals surface area contributed by atoms with E-state index in [0.29, 0.717) is 5.41 Å². The highest BCUT2D eigenvalue weighted by Gasteiger charge is 2.28. The van der Waals surface area contributed by atoms with Gasteiger partial charge < -0.3 is 5.32 Å². The molecule has 82 valence electrons. The molecule has 3 heteroatoms. The highest BCUT2D eigenvalue weighted by molar-refractivity contribution is 5.31. The Labute approximate surface area is 91.3 Å². The van der Waals surface area contributed by atoms with Crippen molar-refractivity contribution >= 4 is 5.82 Å². The van der Waals surface area contributed by atoms with Gasteiger partial charge in [0.25, 0.3) is 0 Å². The molecule has 1 aromatic rings. The highest BCUT2D eigenvalue weighted by atomic mass is 15.0. The largest absolute Gasteiger partial charge is 0.368 e. The van der Waals surface area contributed by atoms with Gasteiger partial charge in [0.05, 0.1) is 11.9 Å². The molecule has 15 heavy (non-hydrogen) atoms. The normalized spacial score (nSPS) is 19.1. The lowest BCUT2D eigenvalue weighted by Crippen LogP contribution is -2.23. The molecule has 1 aliphatic rings. The number of nitrogens with one attached hydrogen (secondary N) is 1. The van der Waals surface area contributed by atoms with Crippen LogP contribution in [0.4, 0.5) is 5.82 Å². The number of aryl methyl sites for hydroxylation is 1. The van der Waals surface area contributed by atoms with Crippen LogP contribution >= 0.6 is 0 Å². The zero-order chi connectivity index (χ0) is 10.7. The number of rotatable bonds is 3. The topological polar surface area (TPSA) is 37.8 Å². The number of hydrogen-bond acceptors (Lipinski definition) is 3. The Kier molecular flexibility index (Phi) is 2.89. The maximum absolute atomic E-state index is 4.39. The molecule has 0 radical (unpaired) electrons. The van der Waals surface area contributed by atoms with E-state index in [9.17, 15) is 0 Å². The van der Waals surface area contributed by atoms with Crippen molar-refractivity contribution in [2.75, 3.05) is 11.9 Å². The first kappa shape index (κ1) is 10.4. The lowest BCUT2D eigenvalue weighted by molar-refractivity contribution is 0.361. The molecule has 0 atom stereocenters. The molecule has 0 amide bonds. The molecule has 2 rings (SSSR count). The van der Waals surface area contributed by atoms with Crippen LogP contribution in [0.5, 0.6) is 0 Å². The summed E-state index contributed by atoms with van der Waals surface area (Å²) in [4.78, 5) is 8.52. The molecule has 3 nitrogen and oxygen atoms in total. The van der Waals surface area contributed by atoms with E-state index < -0.39 is 0 Å². The number of anilines is 1. The molecule has 1 heterocycles. The summed E-state index contributed by atoms with van der Waals surface area (Å²) in [7, 11) is 0. The van der Waals surface area contributed by atoms with E-state index in [4.69, 9.17) is 0 Å². The van der Waals surface area contributed by atoms with Gasteiger partial charge >= 0.3 is 0 Å². The van der Waals surface area contributed by atoms with Crippen molar-refractivity contribution in [2.45, 2.75) is 39.5 Å². The fraction of sp³-hybridized carbons (Fsp3) is 0.667. The molecule has 1 aliphatic carbocycles. The third kappa shape index (κ3) is 2.67. The molecule has 1 saturated carbocycles. The Hall–Kier alpha value is -1.12. The van der Waals surface area contributed by atoms with E-state index in [-0.39, 0.29) is 0 Å². The first-order valence-electron chi connectivity index (χ1n) is 5.71. The summed E-state index contributed by atoms with van der Waals surface area (Å²) in [5.41, 5.74) is 1.43. The summed E-state index contributed by atoms with van der Waals surface area (Å²) in [5.74, 6) is 0.906. The average molecular weight is 205 g/mol. The minimum atomic E-state index is 0.464. The van der Waals surface area contributed by atoms with Crippen LogP contribution < -0.4 is 5.32 Å². The second-order valence-corrected chi connectivity index (χ2v) is 4.92. The fourth-order valence-corrected chi connectivity index (χ4v) is 2.26. The second-order valence-electron chi connectivity index (χ2n) is 4.92.